The highest BCUT2D eigenvalue weighted by Gasteiger charge is 2.18. The molecule has 19 heavy (non-hydrogen) atoms. The molecule has 5 heteroatoms. The van der Waals surface area contributed by atoms with Gasteiger partial charge in [-0.05, 0) is 37.5 Å². The van der Waals surface area contributed by atoms with Gasteiger partial charge >= 0.3 is 5.97 Å². The van der Waals surface area contributed by atoms with E-state index < -0.39 is 5.97 Å². The lowest BCUT2D eigenvalue weighted by molar-refractivity contribution is -0.132. The van der Waals surface area contributed by atoms with Crippen molar-refractivity contribution in [2.75, 3.05) is 5.73 Å². The molecule has 0 aliphatic heterocycles. The Morgan fingerprint density at radius 3 is 2.74 bits per heavy atom. The van der Waals surface area contributed by atoms with Crippen LogP contribution in [0, 0.1) is 6.92 Å². The standard InChI is InChI=1S/C14H14BrNO2S/c1-8-10(15)6-7-12(13(8)16)19-11-5-3-2-4-9(11)14(17)18/h4-7H,2-3,16H2,1H3,(H,17,18). The molecule has 3 N–H and O–H groups in total. The Kier molecular flexibility index (Phi) is 4.37. The summed E-state index contributed by atoms with van der Waals surface area (Å²) in [6, 6.07) is 3.84. The van der Waals surface area contributed by atoms with Gasteiger partial charge < -0.3 is 10.8 Å². The van der Waals surface area contributed by atoms with Gasteiger partial charge in [-0.15, -0.1) is 0 Å². The molecule has 0 amide bonds. The van der Waals surface area contributed by atoms with Crippen LogP contribution in [-0.2, 0) is 4.79 Å². The van der Waals surface area contributed by atoms with Crippen molar-refractivity contribution in [3.05, 3.63) is 44.8 Å². The number of rotatable bonds is 3. The predicted molar refractivity (Wildman–Crippen MR) is 82.2 cm³/mol. The van der Waals surface area contributed by atoms with Crippen LogP contribution in [0.25, 0.3) is 0 Å². The van der Waals surface area contributed by atoms with Gasteiger partial charge in [-0.25, -0.2) is 4.79 Å². The summed E-state index contributed by atoms with van der Waals surface area (Å²) < 4.78 is 0.959. The van der Waals surface area contributed by atoms with E-state index in [2.05, 4.69) is 15.9 Å². The lowest BCUT2D eigenvalue weighted by atomic mass is 10.1. The number of carboxylic acids is 1. The van der Waals surface area contributed by atoms with Crippen molar-refractivity contribution in [2.24, 2.45) is 0 Å². The second kappa shape index (κ2) is 5.84. The quantitative estimate of drug-likeness (QED) is 0.813. The van der Waals surface area contributed by atoms with Crippen LogP contribution in [0.5, 0.6) is 0 Å². The maximum atomic E-state index is 11.2. The molecule has 1 aliphatic rings. The monoisotopic (exact) mass is 339 g/mol. The summed E-state index contributed by atoms with van der Waals surface area (Å²) in [7, 11) is 0. The van der Waals surface area contributed by atoms with Gasteiger partial charge in [-0.1, -0.05) is 39.8 Å². The van der Waals surface area contributed by atoms with Crippen LogP contribution in [0.3, 0.4) is 0 Å². The van der Waals surface area contributed by atoms with Crippen molar-refractivity contribution in [2.45, 2.75) is 24.7 Å². The van der Waals surface area contributed by atoms with Crippen molar-refractivity contribution in [1.29, 1.82) is 0 Å². The molecule has 0 saturated carbocycles. The maximum Gasteiger partial charge on any atom is 0.336 e. The van der Waals surface area contributed by atoms with Crippen LogP contribution in [0.1, 0.15) is 18.4 Å². The summed E-state index contributed by atoms with van der Waals surface area (Å²) in [5, 5.41) is 9.19. The molecule has 1 aromatic rings. The van der Waals surface area contributed by atoms with Crippen LogP contribution in [0.2, 0.25) is 0 Å². The number of carbonyl (C=O) groups is 1. The molecule has 3 nitrogen and oxygen atoms in total. The molecule has 0 radical (unpaired) electrons. The first-order chi connectivity index (χ1) is 9.00. The molecule has 2 rings (SSSR count). The third kappa shape index (κ3) is 3.04. The number of aliphatic carboxylic acids is 1. The first-order valence-corrected chi connectivity index (χ1v) is 7.48. The van der Waals surface area contributed by atoms with E-state index in [-0.39, 0.29) is 0 Å². The number of hydrogen-bond acceptors (Lipinski definition) is 3. The molecule has 0 heterocycles. The number of anilines is 1. The number of nitrogens with two attached hydrogens (primary N) is 1. The Balaban J connectivity index is 2.31. The summed E-state index contributed by atoms with van der Waals surface area (Å²) in [6.07, 6.45) is 5.38. The molecule has 0 bridgehead atoms. The number of nitrogen functional groups attached to an aromatic ring is 1. The van der Waals surface area contributed by atoms with Crippen LogP contribution in [-0.4, -0.2) is 11.1 Å². The predicted octanol–water partition coefficient (Wildman–Crippen LogP) is 4.12. The molecule has 0 unspecified atom stereocenters. The fourth-order valence-electron chi connectivity index (χ4n) is 1.83. The molecular formula is C14H14BrNO2S. The van der Waals surface area contributed by atoms with Crippen molar-refractivity contribution >= 4 is 39.3 Å². The second-order valence-electron chi connectivity index (χ2n) is 4.25. The number of allylic oxidation sites excluding steroid dienone is 2. The van der Waals surface area contributed by atoms with Gasteiger partial charge in [-0.2, -0.15) is 0 Å². The lowest BCUT2D eigenvalue weighted by Gasteiger charge is -2.15. The van der Waals surface area contributed by atoms with Gasteiger partial charge in [0, 0.05) is 20.0 Å². The van der Waals surface area contributed by atoms with Crippen molar-refractivity contribution in [3.63, 3.8) is 0 Å². The Morgan fingerprint density at radius 1 is 1.37 bits per heavy atom. The Morgan fingerprint density at radius 2 is 2.05 bits per heavy atom. The number of carboxylic acid groups (broad SMARTS) is 1. The zero-order valence-electron chi connectivity index (χ0n) is 10.4. The number of hydrogen-bond donors (Lipinski definition) is 2. The third-order valence-electron chi connectivity index (χ3n) is 2.97. The summed E-state index contributed by atoms with van der Waals surface area (Å²) in [4.78, 5) is 12.9. The average molecular weight is 340 g/mol. The Labute approximate surface area is 124 Å². The SMILES string of the molecule is Cc1c(Br)ccc(SC2=CCCC=C2C(=O)O)c1N. The molecule has 0 spiro atoms. The van der Waals surface area contributed by atoms with Gasteiger partial charge in [0.1, 0.15) is 0 Å². The molecule has 100 valence electrons. The minimum atomic E-state index is -0.883. The molecule has 1 aliphatic carbocycles. The highest BCUT2D eigenvalue weighted by Crippen LogP contribution is 2.40. The highest BCUT2D eigenvalue weighted by atomic mass is 79.9. The Hall–Kier alpha value is -1.20. The van der Waals surface area contributed by atoms with E-state index in [0.717, 1.165) is 32.7 Å². The van der Waals surface area contributed by atoms with E-state index in [1.54, 1.807) is 6.08 Å². The summed E-state index contributed by atoms with van der Waals surface area (Å²) >= 11 is 4.85. The lowest BCUT2D eigenvalue weighted by Crippen LogP contribution is -2.05. The maximum absolute atomic E-state index is 11.2. The average Bonchev–Trinajstić information content (AvgIpc) is 2.40. The zero-order chi connectivity index (χ0) is 14.0. The number of thioether (sulfide) groups is 1. The normalized spacial score (nSPS) is 14.8. The van der Waals surface area contributed by atoms with E-state index in [9.17, 15) is 9.90 Å². The van der Waals surface area contributed by atoms with Gasteiger partial charge in [0.25, 0.3) is 0 Å². The molecule has 1 aromatic carbocycles. The van der Waals surface area contributed by atoms with Crippen LogP contribution >= 0.6 is 27.7 Å². The topological polar surface area (TPSA) is 63.3 Å². The van der Waals surface area contributed by atoms with E-state index in [1.807, 2.05) is 25.1 Å². The first kappa shape index (κ1) is 14.2. The molecular weight excluding hydrogens is 326 g/mol. The summed E-state index contributed by atoms with van der Waals surface area (Å²) in [6.45, 7) is 1.94. The van der Waals surface area contributed by atoms with E-state index >= 15 is 0 Å². The molecule has 0 saturated heterocycles. The highest BCUT2D eigenvalue weighted by molar-refractivity contribution is 9.10. The molecule has 0 aromatic heterocycles. The fraction of sp³-hybridized carbons (Fsp3) is 0.214. The van der Waals surface area contributed by atoms with Gasteiger partial charge in [0.2, 0.25) is 0 Å². The van der Waals surface area contributed by atoms with Gasteiger partial charge in [-0.3, -0.25) is 0 Å². The first-order valence-electron chi connectivity index (χ1n) is 5.87. The second-order valence-corrected chi connectivity index (χ2v) is 6.19. The third-order valence-corrected chi connectivity index (χ3v) is 5.01. The number of halogens is 1. The summed E-state index contributed by atoms with van der Waals surface area (Å²) in [5.41, 5.74) is 8.11. The van der Waals surface area contributed by atoms with Gasteiger partial charge in [0.05, 0.1) is 5.57 Å². The molecule has 0 atom stereocenters. The zero-order valence-corrected chi connectivity index (χ0v) is 12.8. The molecule has 0 fully saturated rings. The fourth-order valence-corrected chi connectivity index (χ4v) is 3.29. The van der Waals surface area contributed by atoms with Crippen molar-refractivity contribution in [1.82, 2.24) is 0 Å². The van der Waals surface area contributed by atoms with Crippen LogP contribution in [0.15, 0.2) is 44.1 Å². The van der Waals surface area contributed by atoms with Gasteiger partial charge in [0.15, 0.2) is 0 Å². The van der Waals surface area contributed by atoms with Crippen molar-refractivity contribution < 1.29 is 9.90 Å². The van der Waals surface area contributed by atoms with E-state index in [1.165, 1.54) is 11.8 Å². The summed E-state index contributed by atoms with van der Waals surface area (Å²) in [5.74, 6) is -0.883. The van der Waals surface area contributed by atoms with Crippen LogP contribution in [0.4, 0.5) is 5.69 Å². The Bertz CT molecular complexity index is 593. The smallest absolute Gasteiger partial charge is 0.336 e. The largest absolute Gasteiger partial charge is 0.478 e. The minimum absolute atomic E-state index is 0.372. The number of benzene rings is 1. The van der Waals surface area contributed by atoms with Crippen molar-refractivity contribution in [3.8, 4) is 0 Å². The van der Waals surface area contributed by atoms with E-state index in [4.69, 9.17) is 5.73 Å². The van der Waals surface area contributed by atoms with E-state index in [0.29, 0.717) is 11.3 Å². The minimum Gasteiger partial charge on any atom is -0.478 e. The van der Waals surface area contributed by atoms with Crippen LogP contribution < -0.4 is 5.73 Å².